The van der Waals surface area contributed by atoms with E-state index in [2.05, 4.69) is 10.6 Å². The topological polar surface area (TPSA) is 88.5 Å². The van der Waals surface area contributed by atoms with Crippen molar-refractivity contribution < 1.29 is 22.8 Å². The predicted molar refractivity (Wildman–Crippen MR) is 108 cm³/mol. The van der Waals surface area contributed by atoms with Gasteiger partial charge in [0.15, 0.2) is 0 Å². The fraction of sp³-hybridized carbons (Fsp3) is 0.571. The SMILES string of the molecule is CNC(=O)C1CN(c2ccc(C#N)c(C(F)(F)F)c2)CCN1C(=O)NC1CCCCC1. The van der Waals surface area contributed by atoms with E-state index in [-0.39, 0.29) is 43.3 Å². The van der Waals surface area contributed by atoms with Crippen molar-refractivity contribution in [1.82, 2.24) is 15.5 Å². The lowest BCUT2D eigenvalue weighted by atomic mass is 9.95. The van der Waals surface area contributed by atoms with Crippen molar-refractivity contribution in [3.8, 4) is 6.07 Å². The summed E-state index contributed by atoms with van der Waals surface area (Å²) in [5, 5.41) is 14.5. The van der Waals surface area contributed by atoms with E-state index >= 15 is 0 Å². The lowest BCUT2D eigenvalue weighted by molar-refractivity contribution is -0.137. The molecule has 1 aliphatic carbocycles. The number of piperazine rings is 1. The Bertz CT molecular complexity index is 862. The van der Waals surface area contributed by atoms with Crippen LogP contribution in [0.5, 0.6) is 0 Å². The van der Waals surface area contributed by atoms with Crippen molar-refractivity contribution in [3.63, 3.8) is 0 Å². The standard InChI is InChI=1S/C21H26F3N5O2/c1-26-19(30)18-13-28(16-8-7-14(12-25)17(11-16)21(22,23)24)9-10-29(18)20(31)27-15-5-3-2-4-6-15/h7-8,11,15,18H,2-6,9-10,13H2,1H3,(H,26,30)(H,27,31). The Labute approximate surface area is 179 Å². The zero-order valence-corrected chi connectivity index (χ0v) is 17.3. The Morgan fingerprint density at radius 2 is 1.87 bits per heavy atom. The number of likely N-dealkylation sites (N-methyl/N-ethyl adjacent to an activating group) is 1. The summed E-state index contributed by atoms with van der Waals surface area (Å²) in [6, 6.07) is 3.98. The number of nitrogens with one attached hydrogen (secondary N) is 2. The molecule has 3 amide bonds. The second kappa shape index (κ2) is 9.45. The van der Waals surface area contributed by atoms with Crippen LogP contribution in [0.25, 0.3) is 0 Å². The zero-order chi connectivity index (χ0) is 22.6. The van der Waals surface area contributed by atoms with Gasteiger partial charge in [-0.15, -0.1) is 0 Å². The van der Waals surface area contributed by atoms with Gasteiger partial charge in [0.25, 0.3) is 0 Å². The molecule has 7 nitrogen and oxygen atoms in total. The molecule has 31 heavy (non-hydrogen) atoms. The summed E-state index contributed by atoms with van der Waals surface area (Å²) in [6.45, 7) is 0.522. The molecule has 2 N–H and O–H groups in total. The summed E-state index contributed by atoms with van der Waals surface area (Å²) in [7, 11) is 1.46. The Hall–Kier alpha value is -2.96. The van der Waals surface area contributed by atoms with Crippen LogP contribution in [0.2, 0.25) is 0 Å². The van der Waals surface area contributed by atoms with Crippen molar-refractivity contribution in [2.24, 2.45) is 0 Å². The van der Waals surface area contributed by atoms with E-state index in [9.17, 15) is 22.8 Å². The fourth-order valence-corrected chi connectivity index (χ4v) is 4.22. The molecule has 1 heterocycles. The number of carbonyl (C=O) groups is 2. The minimum absolute atomic E-state index is 0.0565. The molecule has 1 aromatic carbocycles. The predicted octanol–water partition coefficient (Wildman–Crippen LogP) is 2.86. The third-order valence-electron chi connectivity index (χ3n) is 5.92. The number of hydrogen-bond donors (Lipinski definition) is 2. The van der Waals surface area contributed by atoms with Crippen LogP contribution in [0.1, 0.15) is 43.2 Å². The van der Waals surface area contributed by atoms with E-state index in [1.807, 2.05) is 0 Å². The summed E-state index contributed by atoms with van der Waals surface area (Å²) < 4.78 is 40.0. The smallest absolute Gasteiger partial charge is 0.367 e. The van der Waals surface area contributed by atoms with Crippen LogP contribution < -0.4 is 15.5 Å². The number of rotatable bonds is 3. The number of anilines is 1. The van der Waals surface area contributed by atoms with Crippen molar-refractivity contribution in [2.75, 3.05) is 31.6 Å². The summed E-state index contributed by atoms with van der Waals surface area (Å²) in [5.74, 6) is -0.381. The van der Waals surface area contributed by atoms with Gasteiger partial charge in [-0.2, -0.15) is 18.4 Å². The molecule has 168 valence electrons. The van der Waals surface area contributed by atoms with Gasteiger partial charge >= 0.3 is 12.2 Å². The van der Waals surface area contributed by atoms with E-state index in [0.717, 1.165) is 44.2 Å². The number of halogens is 3. The molecule has 3 rings (SSSR count). The van der Waals surface area contributed by atoms with Crippen molar-refractivity contribution >= 4 is 17.6 Å². The van der Waals surface area contributed by atoms with Crippen LogP contribution in [-0.4, -0.2) is 55.6 Å². The Balaban J connectivity index is 1.79. The van der Waals surface area contributed by atoms with Gasteiger partial charge < -0.3 is 20.4 Å². The molecule has 1 saturated heterocycles. The minimum atomic E-state index is -4.66. The van der Waals surface area contributed by atoms with Gasteiger partial charge in [-0.05, 0) is 31.0 Å². The third kappa shape index (κ3) is 5.21. The van der Waals surface area contributed by atoms with Gasteiger partial charge in [-0.1, -0.05) is 19.3 Å². The normalized spacial score (nSPS) is 20.2. The van der Waals surface area contributed by atoms with E-state index in [1.54, 1.807) is 11.0 Å². The highest BCUT2D eigenvalue weighted by Crippen LogP contribution is 2.35. The van der Waals surface area contributed by atoms with Gasteiger partial charge in [-0.25, -0.2) is 4.79 Å². The Kier molecular flexibility index (Phi) is 6.93. The minimum Gasteiger partial charge on any atom is -0.367 e. The second-order valence-corrected chi connectivity index (χ2v) is 7.89. The zero-order valence-electron chi connectivity index (χ0n) is 17.3. The van der Waals surface area contributed by atoms with Crippen LogP contribution in [0, 0.1) is 11.3 Å². The maximum Gasteiger partial charge on any atom is 0.417 e. The third-order valence-corrected chi connectivity index (χ3v) is 5.92. The summed E-state index contributed by atoms with van der Waals surface area (Å²) in [4.78, 5) is 28.4. The van der Waals surface area contributed by atoms with Crippen molar-refractivity contribution in [1.29, 1.82) is 5.26 Å². The van der Waals surface area contributed by atoms with Gasteiger partial charge in [0.05, 0.1) is 17.2 Å². The molecule has 10 heteroatoms. The number of urea groups is 1. The van der Waals surface area contributed by atoms with Gasteiger partial charge in [0.1, 0.15) is 6.04 Å². The number of alkyl halides is 3. The van der Waals surface area contributed by atoms with Gasteiger partial charge in [0, 0.05) is 38.4 Å². The maximum absolute atomic E-state index is 13.3. The summed E-state index contributed by atoms with van der Waals surface area (Å²) >= 11 is 0. The molecular formula is C21H26F3N5O2. The first-order valence-corrected chi connectivity index (χ1v) is 10.4. The quantitative estimate of drug-likeness (QED) is 0.761. The molecule has 2 fully saturated rings. The highest BCUT2D eigenvalue weighted by atomic mass is 19.4. The fourth-order valence-electron chi connectivity index (χ4n) is 4.22. The molecule has 0 bridgehead atoms. The molecule has 0 spiro atoms. The molecule has 1 atom stereocenters. The molecule has 1 unspecified atom stereocenters. The highest BCUT2D eigenvalue weighted by molar-refractivity contribution is 5.88. The number of benzene rings is 1. The van der Waals surface area contributed by atoms with Crippen LogP contribution in [0.15, 0.2) is 18.2 Å². The molecule has 1 aliphatic heterocycles. The molecule has 1 saturated carbocycles. The van der Waals surface area contributed by atoms with Crippen molar-refractivity contribution in [2.45, 2.75) is 50.4 Å². The first-order chi connectivity index (χ1) is 14.7. The highest BCUT2D eigenvalue weighted by Gasteiger charge is 2.38. The summed E-state index contributed by atoms with van der Waals surface area (Å²) in [5.41, 5.74) is -1.21. The number of nitriles is 1. The average molecular weight is 437 g/mol. The first-order valence-electron chi connectivity index (χ1n) is 10.4. The molecule has 0 radical (unpaired) electrons. The maximum atomic E-state index is 13.3. The van der Waals surface area contributed by atoms with Gasteiger partial charge in [0.2, 0.25) is 5.91 Å². The largest absolute Gasteiger partial charge is 0.417 e. The second-order valence-electron chi connectivity index (χ2n) is 7.89. The molecule has 0 aromatic heterocycles. The van der Waals surface area contributed by atoms with E-state index in [0.29, 0.717) is 0 Å². The van der Waals surface area contributed by atoms with Crippen LogP contribution in [0.4, 0.5) is 23.7 Å². The molecular weight excluding hydrogens is 411 g/mol. The van der Waals surface area contributed by atoms with E-state index < -0.39 is 23.3 Å². The van der Waals surface area contributed by atoms with Crippen LogP contribution >= 0.6 is 0 Å². The number of hydrogen-bond acceptors (Lipinski definition) is 4. The van der Waals surface area contributed by atoms with Gasteiger partial charge in [-0.3, -0.25) is 4.79 Å². The lowest BCUT2D eigenvalue weighted by Gasteiger charge is -2.42. The molecule has 2 aliphatic rings. The monoisotopic (exact) mass is 437 g/mol. The number of carbonyl (C=O) groups excluding carboxylic acids is 2. The van der Waals surface area contributed by atoms with Crippen molar-refractivity contribution in [3.05, 3.63) is 29.3 Å². The molecule has 1 aromatic rings. The first kappa shape index (κ1) is 22.7. The van der Waals surface area contributed by atoms with Crippen LogP contribution in [0.3, 0.4) is 0 Å². The number of nitrogens with zero attached hydrogens (tertiary/aromatic N) is 3. The van der Waals surface area contributed by atoms with E-state index in [1.165, 1.54) is 18.0 Å². The van der Waals surface area contributed by atoms with E-state index in [4.69, 9.17) is 5.26 Å². The number of amides is 3. The Morgan fingerprint density at radius 1 is 1.16 bits per heavy atom. The Morgan fingerprint density at radius 3 is 2.48 bits per heavy atom. The average Bonchev–Trinajstić information content (AvgIpc) is 2.77. The lowest BCUT2D eigenvalue weighted by Crippen LogP contribution is -2.63. The van der Waals surface area contributed by atoms with Crippen LogP contribution in [-0.2, 0) is 11.0 Å². The summed E-state index contributed by atoms with van der Waals surface area (Å²) in [6.07, 6.45) is 0.401.